The number of esters is 1. The summed E-state index contributed by atoms with van der Waals surface area (Å²) in [5.74, 6) is -0.375. The molecule has 1 fully saturated rings. The maximum Gasteiger partial charge on any atom is 0.335 e. The normalized spacial score (nSPS) is 28.3. The van der Waals surface area contributed by atoms with Gasteiger partial charge in [0.25, 0.3) is 0 Å². The van der Waals surface area contributed by atoms with Crippen molar-refractivity contribution in [3.8, 4) is 0 Å². The number of hydrogen-bond donors (Lipinski definition) is 3. The number of aliphatic hydroxyl groups excluding tert-OH is 3. The predicted octanol–water partition coefficient (Wildman–Crippen LogP) is 1.43. The number of hydrogen-bond acceptors (Lipinski definition) is 7. The molecular formula is C19H31NO6. The van der Waals surface area contributed by atoms with E-state index in [9.17, 15) is 20.1 Å². The number of ether oxygens (including phenoxy) is 2. The minimum Gasteiger partial charge on any atom is -0.462 e. The molecule has 26 heavy (non-hydrogen) atoms. The van der Waals surface area contributed by atoms with Gasteiger partial charge in [0.2, 0.25) is 0 Å². The lowest BCUT2D eigenvalue weighted by atomic mass is 10.1. The summed E-state index contributed by atoms with van der Waals surface area (Å²) >= 11 is 0. The van der Waals surface area contributed by atoms with Crippen molar-refractivity contribution in [1.29, 1.82) is 0 Å². The van der Waals surface area contributed by atoms with Crippen LogP contribution in [-0.2, 0) is 14.3 Å². The number of rotatable bonds is 10. The molecule has 0 spiro atoms. The maximum absolute atomic E-state index is 12.2. The standard InChI is InChI=1S/C19H31NO6/c1-2-3-4-5-6-7-11-25-19(24)14-9-8-10-20(12-14)18-17(23)16(22)15(13-21)26-18/h8,10,12,15-18,21-23H,2-7,9,11,13H2,1H3/t15?,16-,17?,18-/m1/s1. The minimum atomic E-state index is -1.17. The Hall–Kier alpha value is -1.41. The molecule has 0 amide bonds. The van der Waals surface area contributed by atoms with Crippen molar-refractivity contribution in [2.75, 3.05) is 13.2 Å². The van der Waals surface area contributed by atoms with Gasteiger partial charge in [-0.2, -0.15) is 0 Å². The molecule has 2 heterocycles. The number of aliphatic hydroxyl groups is 3. The van der Waals surface area contributed by atoms with Gasteiger partial charge in [0.15, 0.2) is 6.23 Å². The summed E-state index contributed by atoms with van der Waals surface area (Å²) in [6.45, 7) is 2.20. The third-order valence-corrected chi connectivity index (χ3v) is 4.72. The average molecular weight is 369 g/mol. The Morgan fingerprint density at radius 1 is 1.23 bits per heavy atom. The Balaban J connectivity index is 1.80. The molecule has 2 aliphatic heterocycles. The van der Waals surface area contributed by atoms with Gasteiger partial charge in [-0.15, -0.1) is 0 Å². The summed E-state index contributed by atoms with van der Waals surface area (Å²) in [6, 6.07) is 0. The van der Waals surface area contributed by atoms with Crippen LogP contribution in [0, 0.1) is 0 Å². The molecule has 0 aliphatic carbocycles. The van der Waals surface area contributed by atoms with Gasteiger partial charge in [-0.05, 0) is 6.42 Å². The zero-order chi connectivity index (χ0) is 18.9. The van der Waals surface area contributed by atoms with Crippen molar-refractivity contribution in [3.05, 3.63) is 24.0 Å². The van der Waals surface area contributed by atoms with Gasteiger partial charge in [-0.1, -0.05) is 45.1 Å². The molecular weight excluding hydrogens is 338 g/mol. The van der Waals surface area contributed by atoms with Gasteiger partial charge in [-0.25, -0.2) is 4.79 Å². The van der Waals surface area contributed by atoms with E-state index in [1.54, 1.807) is 18.5 Å². The third-order valence-electron chi connectivity index (χ3n) is 4.72. The molecule has 3 N–H and O–H groups in total. The van der Waals surface area contributed by atoms with Crippen LogP contribution in [-0.4, -0.2) is 63.9 Å². The second-order valence-electron chi connectivity index (χ2n) is 6.82. The molecule has 0 aromatic carbocycles. The maximum atomic E-state index is 12.2. The number of nitrogens with zero attached hydrogens (tertiary/aromatic N) is 1. The van der Waals surface area contributed by atoms with E-state index in [0.717, 1.165) is 19.3 Å². The van der Waals surface area contributed by atoms with Crippen LogP contribution in [0.15, 0.2) is 24.0 Å². The first-order chi connectivity index (χ1) is 12.6. The highest BCUT2D eigenvalue weighted by atomic mass is 16.6. The molecule has 7 nitrogen and oxygen atoms in total. The van der Waals surface area contributed by atoms with Crippen LogP contribution in [0.4, 0.5) is 0 Å². The summed E-state index contributed by atoms with van der Waals surface area (Å²) in [6.07, 6.45) is 8.20. The largest absolute Gasteiger partial charge is 0.462 e. The van der Waals surface area contributed by atoms with E-state index in [1.807, 2.05) is 0 Å². The second-order valence-corrected chi connectivity index (χ2v) is 6.82. The van der Waals surface area contributed by atoms with Gasteiger partial charge in [-0.3, -0.25) is 0 Å². The van der Waals surface area contributed by atoms with Crippen LogP contribution in [0.1, 0.15) is 51.9 Å². The lowest BCUT2D eigenvalue weighted by Gasteiger charge is -2.28. The van der Waals surface area contributed by atoms with Crippen molar-refractivity contribution in [3.63, 3.8) is 0 Å². The Labute approximate surface area is 154 Å². The molecule has 0 aromatic heterocycles. The van der Waals surface area contributed by atoms with Crippen molar-refractivity contribution in [2.24, 2.45) is 0 Å². The summed E-state index contributed by atoms with van der Waals surface area (Å²) < 4.78 is 10.8. The Bertz CT molecular complexity index is 506. The van der Waals surface area contributed by atoms with E-state index in [0.29, 0.717) is 18.6 Å². The molecule has 1 saturated heterocycles. The Kier molecular flexibility index (Phi) is 8.58. The van der Waals surface area contributed by atoms with Crippen LogP contribution in [0.2, 0.25) is 0 Å². The fraction of sp³-hybridized carbons (Fsp3) is 0.737. The van der Waals surface area contributed by atoms with E-state index in [4.69, 9.17) is 9.47 Å². The number of carbonyl (C=O) groups is 1. The molecule has 0 aromatic rings. The summed E-state index contributed by atoms with van der Waals surface area (Å²) in [4.78, 5) is 13.8. The van der Waals surface area contributed by atoms with Crippen molar-refractivity contribution < 1.29 is 29.6 Å². The lowest BCUT2D eigenvalue weighted by molar-refractivity contribution is -0.139. The minimum absolute atomic E-state index is 0.375. The first kappa shape index (κ1) is 20.9. The van der Waals surface area contributed by atoms with Crippen molar-refractivity contribution >= 4 is 5.97 Å². The molecule has 4 atom stereocenters. The molecule has 2 aliphatic rings. The van der Waals surface area contributed by atoms with Crippen molar-refractivity contribution in [2.45, 2.75) is 76.4 Å². The van der Waals surface area contributed by atoms with Crippen LogP contribution < -0.4 is 0 Å². The molecule has 2 unspecified atom stereocenters. The topological polar surface area (TPSA) is 99.5 Å². The van der Waals surface area contributed by atoms with Gasteiger partial charge >= 0.3 is 5.97 Å². The van der Waals surface area contributed by atoms with Gasteiger partial charge < -0.3 is 29.7 Å². The smallest absolute Gasteiger partial charge is 0.335 e. The van der Waals surface area contributed by atoms with Gasteiger partial charge in [0.05, 0.1) is 18.8 Å². The fourth-order valence-electron chi connectivity index (χ4n) is 3.14. The summed E-state index contributed by atoms with van der Waals surface area (Å²) in [5, 5.41) is 29.1. The zero-order valence-corrected chi connectivity index (χ0v) is 15.4. The van der Waals surface area contributed by atoms with Crippen molar-refractivity contribution in [1.82, 2.24) is 4.90 Å². The molecule has 148 valence electrons. The lowest BCUT2D eigenvalue weighted by Crippen LogP contribution is -2.40. The number of carbonyl (C=O) groups excluding carboxylic acids is 1. The number of unbranched alkanes of at least 4 members (excludes halogenated alkanes) is 5. The monoisotopic (exact) mass is 369 g/mol. The molecule has 7 heteroatoms. The summed E-state index contributed by atoms with van der Waals surface area (Å²) in [7, 11) is 0. The van der Waals surface area contributed by atoms with Crippen LogP contribution in [0.3, 0.4) is 0 Å². The van der Waals surface area contributed by atoms with Crippen LogP contribution in [0.25, 0.3) is 0 Å². The van der Waals surface area contributed by atoms with E-state index in [1.165, 1.54) is 24.2 Å². The zero-order valence-electron chi connectivity index (χ0n) is 15.4. The fourth-order valence-corrected chi connectivity index (χ4v) is 3.14. The first-order valence-electron chi connectivity index (χ1n) is 9.52. The van der Waals surface area contributed by atoms with E-state index in [2.05, 4.69) is 6.92 Å². The highest BCUT2D eigenvalue weighted by Gasteiger charge is 2.44. The number of allylic oxidation sites excluding steroid dienone is 1. The Morgan fingerprint density at radius 3 is 2.65 bits per heavy atom. The Morgan fingerprint density at radius 2 is 1.96 bits per heavy atom. The second kappa shape index (κ2) is 10.7. The molecule has 0 saturated carbocycles. The molecule has 0 radical (unpaired) electrons. The highest BCUT2D eigenvalue weighted by molar-refractivity contribution is 5.88. The van der Waals surface area contributed by atoms with E-state index >= 15 is 0 Å². The third kappa shape index (κ3) is 5.54. The SMILES string of the molecule is CCCCCCCCOC(=O)C1=CN([C@@H]2OC(CO)[C@@H](O)C2O)C=CC1. The van der Waals surface area contributed by atoms with E-state index < -0.39 is 24.5 Å². The highest BCUT2D eigenvalue weighted by Crippen LogP contribution is 2.27. The van der Waals surface area contributed by atoms with Gasteiger partial charge in [0.1, 0.15) is 18.3 Å². The van der Waals surface area contributed by atoms with Crippen LogP contribution in [0.5, 0.6) is 0 Å². The average Bonchev–Trinajstić information content (AvgIpc) is 2.95. The molecule has 0 bridgehead atoms. The summed E-state index contributed by atoms with van der Waals surface area (Å²) in [5.41, 5.74) is 0.469. The van der Waals surface area contributed by atoms with E-state index in [-0.39, 0.29) is 12.6 Å². The first-order valence-corrected chi connectivity index (χ1v) is 9.52. The van der Waals surface area contributed by atoms with Gasteiger partial charge in [0, 0.05) is 18.8 Å². The molecule has 2 rings (SSSR count). The van der Waals surface area contributed by atoms with Crippen LogP contribution >= 0.6 is 0 Å². The predicted molar refractivity (Wildman–Crippen MR) is 95.8 cm³/mol. The quantitative estimate of drug-likeness (QED) is 0.396.